The lowest BCUT2D eigenvalue weighted by Crippen LogP contribution is -2.21. The third-order valence-corrected chi connectivity index (χ3v) is 2.26. The Labute approximate surface area is 62.3 Å². The monoisotopic (exact) mass is 156 g/mol. The molecule has 1 heterocycles. The topological polar surface area (TPSA) is 53.0 Å². The molecule has 0 aliphatic rings. The zero-order valence-electron chi connectivity index (χ0n) is 5.67. The summed E-state index contributed by atoms with van der Waals surface area (Å²) in [6.45, 7) is 3.61. The van der Waals surface area contributed by atoms with Crippen LogP contribution in [0.15, 0.2) is 0 Å². The van der Waals surface area contributed by atoms with Gasteiger partial charge in [0.15, 0.2) is 0 Å². The van der Waals surface area contributed by atoms with Crippen molar-refractivity contribution >= 4 is 17.3 Å². The first kappa shape index (κ1) is 7.21. The van der Waals surface area contributed by atoms with Crippen molar-refractivity contribution in [3.05, 3.63) is 15.6 Å². The fourth-order valence-corrected chi connectivity index (χ4v) is 1.31. The second-order valence-corrected chi connectivity index (χ2v) is 3.15. The molecule has 0 N–H and O–H groups in total. The Bertz CT molecular complexity index is 247. The first-order valence-corrected chi connectivity index (χ1v) is 3.58. The van der Waals surface area contributed by atoms with Crippen LogP contribution in [-0.4, -0.2) is 11.0 Å². The van der Waals surface area contributed by atoms with Crippen molar-refractivity contribution in [3.8, 4) is 0 Å². The van der Waals surface area contributed by atoms with Crippen LogP contribution in [0, 0.1) is 13.8 Å². The minimum Gasteiger partial charge on any atom is -0.542 e. The van der Waals surface area contributed by atoms with Crippen LogP contribution in [0.25, 0.3) is 0 Å². The molecule has 0 saturated heterocycles. The highest BCUT2D eigenvalue weighted by molar-refractivity contribution is 7.13. The molecular formula is C6H6NO2S-. The highest BCUT2D eigenvalue weighted by Gasteiger charge is 2.02. The Morgan fingerprint density at radius 3 is 2.40 bits per heavy atom. The van der Waals surface area contributed by atoms with Gasteiger partial charge in [0.2, 0.25) is 0 Å². The average molecular weight is 156 g/mol. The number of thiazole rings is 1. The number of nitrogens with zero attached hydrogens (tertiary/aromatic N) is 1. The average Bonchev–Trinajstić information content (AvgIpc) is 2.13. The Balaban J connectivity index is 3.10. The van der Waals surface area contributed by atoms with E-state index in [1.54, 1.807) is 6.92 Å². The number of aryl methyl sites for hydroxylation is 2. The van der Waals surface area contributed by atoms with E-state index in [0.29, 0.717) is 0 Å². The van der Waals surface area contributed by atoms with Gasteiger partial charge in [-0.1, -0.05) is 0 Å². The van der Waals surface area contributed by atoms with Crippen molar-refractivity contribution in [1.82, 2.24) is 4.98 Å². The molecule has 10 heavy (non-hydrogen) atoms. The smallest absolute Gasteiger partial charge is 0.139 e. The lowest BCUT2D eigenvalue weighted by molar-refractivity contribution is -0.255. The van der Waals surface area contributed by atoms with Crippen LogP contribution in [0.1, 0.15) is 20.4 Å². The maximum absolute atomic E-state index is 10.2. The van der Waals surface area contributed by atoms with E-state index in [1.807, 2.05) is 6.92 Å². The standard InChI is InChI=1S/C6H7NO2S/c1-3-4(2)10-5(7-3)6(8)9/h1-2H3,(H,8,9)/p-1. The first-order chi connectivity index (χ1) is 4.61. The Hall–Kier alpha value is -0.900. The van der Waals surface area contributed by atoms with Crippen molar-refractivity contribution in [2.45, 2.75) is 13.8 Å². The molecule has 0 fully saturated rings. The van der Waals surface area contributed by atoms with Gasteiger partial charge in [0, 0.05) is 4.88 Å². The molecule has 0 aromatic carbocycles. The van der Waals surface area contributed by atoms with Gasteiger partial charge < -0.3 is 9.90 Å². The number of hydrogen-bond acceptors (Lipinski definition) is 4. The number of carboxylic acids is 1. The molecule has 0 aliphatic heterocycles. The highest BCUT2D eigenvalue weighted by atomic mass is 32.1. The Morgan fingerprint density at radius 1 is 1.60 bits per heavy atom. The summed E-state index contributed by atoms with van der Waals surface area (Å²) in [5.74, 6) is -1.19. The van der Waals surface area contributed by atoms with Gasteiger partial charge in [-0.25, -0.2) is 4.98 Å². The van der Waals surface area contributed by atoms with Crippen molar-refractivity contribution in [3.63, 3.8) is 0 Å². The van der Waals surface area contributed by atoms with Gasteiger partial charge in [-0.05, 0) is 13.8 Å². The third-order valence-electron chi connectivity index (χ3n) is 1.20. The first-order valence-electron chi connectivity index (χ1n) is 2.76. The molecule has 54 valence electrons. The SMILES string of the molecule is Cc1nc(C(=O)[O-])sc1C. The van der Waals surface area contributed by atoms with E-state index >= 15 is 0 Å². The van der Waals surface area contributed by atoms with Gasteiger partial charge in [0.25, 0.3) is 0 Å². The molecule has 4 heteroatoms. The molecular weight excluding hydrogens is 150 g/mol. The molecule has 1 rings (SSSR count). The number of carbonyl (C=O) groups excluding carboxylic acids is 1. The lowest BCUT2D eigenvalue weighted by Gasteiger charge is -1.90. The summed E-state index contributed by atoms with van der Waals surface area (Å²) in [6, 6.07) is 0. The second kappa shape index (κ2) is 2.38. The zero-order valence-corrected chi connectivity index (χ0v) is 6.49. The van der Waals surface area contributed by atoms with Gasteiger partial charge in [-0.15, -0.1) is 11.3 Å². The molecule has 0 bridgehead atoms. The van der Waals surface area contributed by atoms with Crippen LogP contribution in [-0.2, 0) is 0 Å². The molecule has 3 nitrogen and oxygen atoms in total. The molecule has 0 unspecified atom stereocenters. The maximum Gasteiger partial charge on any atom is 0.139 e. The van der Waals surface area contributed by atoms with Crippen LogP contribution >= 0.6 is 11.3 Å². The summed E-state index contributed by atoms with van der Waals surface area (Å²) >= 11 is 1.15. The highest BCUT2D eigenvalue weighted by Crippen LogP contribution is 2.14. The molecule has 0 saturated carbocycles. The summed E-state index contributed by atoms with van der Waals surface area (Å²) < 4.78 is 0. The molecule has 1 aromatic heterocycles. The van der Waals surface area contributed by atoms with Gasteiger partial charge >= 0.3 is 0 Å². The number of rotatable bonds is 1. The molecule has 0 radical (unpaired) electrons. The minimum atomic E-state index is -1.19. The fourth-order valence-electron chi connectivity index (χ4n) is 0.560. The van der Waals surface area contributed by atoms with Crippen molar-refractivity contribution in [1.29, 1.82) is 0 Å². The van der Waals surface area contributed by atoms with E-state index in [-0.39, 0.29) is 5.01 Å². The summed E-state index contributed by atoms with van der Waals surface area (Å²) in [4.78, 5) is 14.9. The second-order valence-electron chi connectivity index (χ2n) is 1.95. The van der Waals surface area contributed by atoms with E-state index in [2.05, 4.69) is 4.98 Å². The van der Waals surface area contributed by atoms with Crippen LogP contribution in [0.2, 0.25) is 0 Å². The summed E-state index contributed by atoms with van der Waals surface area (Å²) in [6.07, 6.45) is 0. The van der Waals surface area contributed by atoms with E-state index < -0.39 is 5.97 Å². The Morgan fingerprint density at radius 2 is 2.20 bits per heavy atom. The van der Waals surface area contributed by atoms with Crippen molar-refractivity contribution < 1.29 is 9.90 Å². The van der Waals surface area contributed by atoms with Crippen molar-refractivity contribution in [2.24, 2.45) is 0 Å². The number of hydrogen-bond donors (Lipinski definition) is 0. The van der Waals surface area contributed by atoms with Crippen LogP contribution < -0.4 is 5.11 Å². The molecule has 0 aliphatic carbocycles. The number of carboxylic acid groups (broad SMARTS) is 1. The van der Waals surface area contributed by atoms with Crippen LogP contribution in [0.4, 0.5) is 0 Å². The zero-order chi connectivity index (χ0) is 7.72. The van der Waals surface area contributed by atoms with Gasteiger partial charge in [-0.2, -0.15) is 0 Å². The molecule has 0 atom stereocenters. The van der Waals surface area contributed by atoms with Crippen molar-refractivity contribution in [2.75, 3.05) is 0 Å². The maximum atomic E-state index is 10.2. The van der Waals surface area contributed by atoms with E-state index in [1.165, 1.54) is 0 Å². The Kier molecular flexibility index (Phi) is 1.72. The van der Waals surface area contributed by atoms with E-state index in [9.17, 15) is 9.90 Å². The van der Waals surface area contributed by atoms with Gasteiger partial charge in [0.1, 0.15) is 11.0 Å². The quantitative estimate of drug-likeness (QED) is 0.580. The molecule has 1 aromatic rings. The summed E-state index contributed by atoms with van der Waals surface area (Å²) in [7, 11) is 0. The summed E-state index contributed by atoms with van der Waals surface area (Å²) in [5.41, 5.74) is 0.768. The largest absolute Gasteiger partial charge is 0.542 e. The number of aromatic nitrogens is 1. The minimum absolute atomic E-state index is 0.0648. The molecule has 0 amide bonds. The summed E-state index contributed by atoms with van der Waals surface area (Å²) in [5, 5.41) is 10.3. The normalized spacial score (nSPS) is 9.80. The van der Waals surface area contributed by atoms with Gasteiger partial charge in [0.05, 0.1) is 5.69 Å². The van der Waals surface area contributed by atoms with Crippen LogP contribution in [0.3, 0.4) is 0 Å². The predicted octanol–water partition coefficient (Wildman–Crippen LogP) is 0.123. The lowest BCUT2D eigenvalue weighted by atomic mass is 10.4. The van der Waals surface area contributed by atoms with Gasteiger partial charge in [-0.3, -0.25) is 0 Å². The third kappa shape index (κ3) is 1.16. The van der Waals surface area contributed by atoms with E-state index in [0.717, 1.165) is 21.9 Å². The fraction of sp³-hybridized carbons (Fsp3) is 0.333. The van der Waals surface area contributed by atoms with E-state index in [4.69, 9.17) is 0 Å². The number of aromatic carboxylic acids is 1. The predicted molar refractivity (Wildman–Crippen MR) is 35.9 cm³/mol. The molecule has 0 spiro atoms. The van der Waals surface area contributed by atoms with Crippen LogP contribution in [0.5, 0.6) is 0 Å². The number of carbonyl (C=O) groups is 1.